The van der Waals surface area contributed by atoms with Crippen LogP contribution in [0.25, 0.3) is 0 Å². The first-order valence-corrected chi connectivity index (χ1v) is 1.76. The molecule has 0 fully saturated rings. The Morgan fingerprint density at radius 3 is 1.20 bits per heavy atom. The van der Waals surface area contributed by atoms with Gasteiger partial charge in [0.15, 0.2) is 0 Å². The van der Waals surface area contributed by atoms with Crippen molar-refractivity contribution in [3.05, 3.63) is 25.3 Å². The van der Waals surface area contributed by atoms with Crippen molar-refractivity contribution >= 4 is 6.16 Å². The second-order valence-electron chi connectivity index (χ2n) is 0.721. The summed E-state index contributed by atoms with van der Waals surface area (Å²) in [6, 6.07) is 0. The van der Waals surface area contributed by atoms with Crippen LogP contribution in [0.5, 0.6) is 0 Å². The Balaban J connectivity index is -0.0000000300. The van der Waals surface area contributed by atoms with E-state index in [0.717, 1.165) is 0 Å². The molecule has 0 aliphatic heterocycles. The fraction of sp³-hybridized carbons (Fsp3) is 0. The molecule has 0 heterocycles. The van der Waals surface area contributed by atoms with E-state index in [4.69, 9.17) is 15.0 Å². The smallest absolute Gasteiger partial charge is 0.652 e. The number of hydrogen-bond donors (Lipinski definition) is 0. The van der Waals surface area contributed by atoms with E-state index < -0.39 is 6.16 Å². The predicted molar refractivity (Wildman–Crippen MR) is 25.8 cm³/mol. The van der Waals surface area contributed by atoms with Crippen molar-refractivity contribution in [1.82, 2.24) is 0 Å². The van der Waals surface area contributed by atoms with Crippen LogP contribution in [0.4, 0.5) is 4.79 Å². The summed E-state index contributed by atoms with van der Waals surface area (Å²) in [7, 11) is 0. The molecular weight excluding hydrogens is 122 g/mol. The SMILES string of the molecule is C=CC=C.O=C([O-])[O-].[Li+].[Li+]. The van der Waals surface area contributed by atoms with Crippen LogP contribution in [0.15, 0.2) is 25.3 Å². The van der Waals surface area contributed by atoms with Gasteiger partial charge < -0.3 is 15.0 Å². The van der Waals surface area contributed by atoms with Crippen LogP contribution < -0.4 is 47.9 Å². The molecule has 3 nitrogen and oxygen atoms in total. The molecule has 0 amide bonds. The molecule has 10 heavy (non-hydrogen) atoms. The fourth-order valence-electron chi connectivity index (χ4n) is 0. The summed E-state index contributed by atoms with van der Waals surface area (Å²) in [6.45, 7) is 6.72. The fourth-order valence-corrected chi connectivity index (χ4v) is 0. The maximum absolute atomic E-state index is 8.33. The van der Waals surface area contributed by atoms with E-state index in [1.54, 1.807) is 12.2 Å². The Kier molecular flexibility index (Phi) is 52.0. The van der Waals surface area contributed by atoms with Crippen molar-refractivity contribution < 1.29 is 52.7 Å². The molecule has 0 radical (unpaired) electrons. The number of carboxylic acid groups (broad SMARTS) is 2. The van der Waals surface area contributed by atoms with Gasteiger partial charge in [0.25, 0.3) is 0 Å². The van der Waals surface area contributed by atoms with Crippen molar-refractivity contribution in [3.63, 3.8) is 0 Å². The second kappa shape index (κ2) is 23.1. The van der Waals surface area contributed by atoms with Crippen molar-refractivity contribution in [3.8, 4) is 0 Å². The van der Waals surface area contributed by atoms with Crippen LogP contribution in [0.2, 0.25) is 0 Å². The molecule has 0 aromatic heterocycles. The third-order valence-corrected chi connectivity index (χ3v) is 0.167. The van der Waals surface area contributed by atoms with Crippen molar-refractivity contribution in [1.29, 1.82) is 0 Å². The molecule has 0 aliphatic rings. The molecule has 0 unspecified atom stereocenters. The van der Waals surface area contributed by atoms with Crippen molar-refractivity contribution in [2.24, 2.45) is 0 Å². The molecule has 0 bridgehead atoms. The van der Waals surface area contributed by atoms with Crippen LogP contribution in [0.1, 0.15) is 0 Å². The van der Waals surface area contributed by atoms with E-state index >= 15 is 0 Å². The Hall–Kier alpha value is -0.0552. The van der Waals surface area contributed by atoms with Gasteiger partial charge in [-0.3, -0.25) is 0 Å². The van der Waals surface area contributed by atoms with Gasteiger partial charge in [-0.05, 0) is 6.16 Å². The minimum atomic E-state index is -2.33. The molecule has 0 atom stereocenters. The van der Waals surface area contributed by atoms with E-state index in [0.29, 0.717) is 0 Å². The first-order valence-electron chi connectivity index (χ1n) is 1.76. The number of carbonyl (C=O) groups excluding carboxylic acids is 1. The van der Waals surface area contributed by atoms with E-state index in [9.17, 15) is 0 Å². The third-order valence-electron chi connectivity index (χ3n) is 0.167. The van der Waals surface area contributed by atoms with Gasteiger partial charge in [0.1, 0.15) is 0 Å². The second-order valence-corrected chi connectivity index (χ2v) is 0.721. The molecule has 0 aromatic rings. The summed E-state index contributed by atoms with van der Waals surface area (Å²) in [4.78, 5) is 8.33. The van der Waals surface area contributed by atoms with Gasteiger partial charge in [0.2, 0.25) is 0 Å². The first kappa shape index (κ1) is 22.5. The van der Waals surface area contributed by atoms with Crippen LogP contribution in [-0.2, 0) is 0 Å². The number of rotatable bonds is 1. The van der Waals surface area contributed by atoms with Crippen molar-refractivity contribution in [2.45, 2.75) is 0 Å². The molecule has 0 aliphatic carbocycles. The van der Waals surface area contributed by atoms with Gasteiger partial charge in [0.05, 0.1) is 0 Å². The zero-order valence-electron chi connectivity index (χ0n) is 6.29. The van der Waals surface area contributed by atoms with Crippen LogP contribution >= 0.6 is 0 Å². The summed E-state index contributed by atoms with van der Waals surface area (Å²) in [5, 5.41) is 16.7. The quantitative estimate of drug-likeness (QED) is 0.260. The molecule has 0 spiro atoms. The van der Waals surface area contributed by atoms with Gasteiger partial charge in [-0.2, -0.15) is 0 Å². The Morgan fingerprint density at radius 1 is 1.10 bits per heavy atom. The summed E-state index contributed by atoms with van der Waals surface area (Å²) in [6.07, 6.45) is 0.944. The van der Waals surface area contributed by atoms with E-state index in [2.05, 4.69) is 13.2 Å². The number of hydrogen-bond acceptors (Lipinski definition) is 3. The van der Waals surface area contributed by atoms with Crippen LogP contribution in [0.3, 0.4) is 0 Å². The molecule has 0 rings (SSSR count). The predicted octanol–water partition coefficient (Wildman–Crippen LogP) is -7.08. The first-order chi connectivity index (χ1) is 3.65. The average molecular weight is 128 g/mol. The van der Waals surface area contributed by atoms with Gasteiger partial charge in [-0.25, -0.2) is 0 Å². The Bertz CT molecular complexity index is 82.9. The molecule has 0 saturated carbocycles. The number of allylic oxidation sites excluding steroid dienone is 2. The molecule has 46 valence electrons. The summed E-state index contributed by atoms with van der Waals surface area (Å²) < 4.78 is 0. The number of carbonyl (C=O) groups is 1. The molecule has 0 aromatic carbocycles. The van der Waals surface area contributed by atoms with Gasteiger partial charge >= 0.3 is 37.7 Å². The van der Waals surface area contributed by atoms with E-state index in [1.807, 2.05) is 0 Å². The van der Waals surface area contributed by atoms with E-state index in [-0.39, 0.29) is 37.7 Å². The normalized spacial score (nSPS) is 4.40. The third kappa shape index (κ3) is 429. The molecule has 5 heteroatoms. The standard InChI is InChI=1S/C4H6.CH2O3.2Li/c1-3-4-2;2-1(3)4;;/h3-4H,1-2H2;(H2,2,3,4);;/q;;2*+1/p-2. The van der Waals surface area contributed by atoms with Gasteiger partial charge in [-0.1, -0.05) is 25.3 Å². The minimum absolute atomic E-state index is 0. The van der Waals surface area contributed by atoms with E-state index in [1.165, 1.54) is 0 Å². The monoisotopic (exact) mass is 128 g/mol. The maximum atomic E-state index is 8.33. The maximum Gasteiger partial charge on any atom is 1.00 e. The summed E-state index contributed by atoms with van der Waals surface area (Å²) >= 11 is 0. The zero-order valence-corrected chi connectivity index (χ0v) is 6.29. The molecule has 0 saturated heterocycles. The topological polar surface area (TPSA) is 63.2 Å². The van der Waals surface area contributed by atoms with Crippen LogP contribution in [-0.4, -0.2) is 6.16 Å². The zero-order chi connectivity index (χ0) is 6.99. The Labute approximate surface area is 84.2 Å². The summed E-state index contributed by atoms with van der Waals surface area (Å²) in [5.74, 6) is 0. The molecular formula is C5H6Li2O3. The van der Waals surface area contributed by atoms with Gasteiger partial charge in [-0.15, -0.1) is 0 Å². The largest absolute Gasteiger partial charge is 1.00 e. The van der Waals surface area contributed by atoms with Crippen LogP contribution in [0, 0.1) is 0 Å². The molecule has 0 N–H and O–H groups in total. The average Bonchev–Trinajstić information content (AvgIpc) is 1.65. The Morgan fingerprint density at radius 2 is 1.20 bits per heavy atom. The summed E-state index contributed by atoms with van der Waals surface area (Å²) in [5.41, 5.74) is 0. The minimum Gasteiger partial charge on any atom is -0.652 e. The van der Waals surface area contributed by atoms with Crippen molar-refractivity contribution in [2.75, 3.05) is 0 Å². The van der Waals surface area contributed by atoms with Gasteiger partial charge in [0, 0.05) is 0 Å².